The number of nitrogens with zero attached hydrogens (tertiary/aromatic N) is 2. The van der Waals surface area contributed by atoms with Crippen LogP contribution in [-0.2, 0) is 4.74 Å². The number of aliphatic hydroxyl groups excluding tert-OH is 1. The molecule has 1 heterocycles. The molecule has 1 N–H and O–H groups in total. The summed E-state index contributed by atoms with van der Waals surface area (Å²) in [6.07, 6.45) is 3.35. The Bertz CT molecular complexity index is 425. The Morgan fingerprint density at radius 3 is 2.65 bits per heavy atom. The number of rotatable bonds is 4. The monoisotopic (exact) mass is 282 g/mol. The molecule has 0 aromatic carbocycles. The highest BCUT2D eigenvalue weighted by Crippen LogP contribution is 2.37. The molecule has 1 aromatic rings. The van der Waals surface area contributed by atoms with Crippen molar-refractivity contribution in [1.29, 1.82) is 0 Å². The smallest absolute Gasteiger partial charge is 0.232 e. The molecule has 1 aliphatic rings. The van der Waals surface area contributed by atoms with Gasteiger partial charge in [-0.3, -0.25) is 0 Å². The van der Waals surface area contributed by atoms with Crippen LogP contribution in [-0.4, -0.2) is 28.0 Å². The first-order chi connectivity index (χ1) is 9.43. The van der Waals surface area contributed by atoms with Crippen molar-refractivity contribution in [3.05, 3.63) is 11.7 Å². The Morgan fingerprint density at radius 1 is 1.35 bits per heavy atom. The molecule has 1 fully saturated rings. The van der Waals surface area contributed by atoms with Crippen molar-refractivity contribution >= 4 is 0 Å². The van der Waals surface area contributed by atoms with Crippen LogP contribution in [0.2, 0.25) is 0 Å². The van der Waals surface area contributed by atoms with Crippen LogP contribution in [0.25, 0.3) is 0 Å². The molecule has 3 unspecified atom stereocenters. The quantitative estimate of drug-likeness (QED) is 0.918. The maximum atomic E-state index is 10.1. The first-order valence-corrected chi connectivity index (χ1v) is 7.56. The topological polar surface area (TPSA) is 68.4 Å². The predicted octanol–water partition coefficient (Wildman–Crippen LogP) is 3.21. The molecule has 1 aliphatic carbocycles. The SMILES string of the molecule is CCOC(c1noc(C2CCCCC2O)n1)C(C)(C)C. The molecule has 2 rings (SSSR count). The van der Waals surface area contributed by atoms with Crippen molar-refractivity contribution < 1.29 is 14.4 Å². The molecule has 0 saturated heterocycles. The highest BCUT2D eigenvalue weighted by atomic mass is 16.5. The molecule has 1 aromatic heterocycles. The molecule has 3 atom stereocenters. The van der Waals surface area contributed by atoms with Crippen molar-refractivity contribution in [1.82, 2.24) is 10.1 Å². The van der Waals surface area contributed by atoms with Crippen molar-refractivity contribution in [3.63, 3.8) is 0 Å². The molecule has 5 nitrogen and oxygen atoms in total. The average molecular weight is 282 g/mol. The summed E-state index contributed by atoms with van der Waals surface area (Å²) in [7, 11) is 0. The summed E-state index contributed by atoms with van der Waals surface area (Å²) in [5.74, 6) is 1.13. The van der Waals surface area contributed by atoms with Gasteiger partial charge in [0.2, 0.25) is 11.7 Å². The molecule has 0 bridgehead atoms. The first kappa shape index (κ1) is 15.4. The molecule has 0 spiro atoms. The van der Waals surface area contributed by atoms with Gasteiger partial charge in [0.05, 0.1) is 12.0 Å². The lowest BCUT2D eigenvalue weighted by atomic mass is 9.86. The van der Waals surface area contributed by atoms with Crippen LogP contribution in [0.4, 0.5) is 0 Å². The predicted molar refractivity (Wildman–Crippen MR) is 75.3 cm³/mol. The van der Waals surface area contributed by atoms with E-state index in [1.165, 1.54) is 0 Å². The Kier molecular flexibility index (Phi) is 4.81. The zero-order chi connectivity index (χ0) is 14.8. The van der Waals surface area contributed by atoms with Crippen LogP contribution in [0.15, 0.2) is 4.52 Å². The van der Waals surface area contributed by atoms with Gasteiger partial charge in [-0.2, -0.15) is 4.98 Å². The molecule has 114 valence electrons. The third-order valence-corrected chi connectivity index (χ3v) is 3.86. The lowest BCUT2D eigenvalue weighted by Gasteiger charge is -2.27. The zero-order valence-electron chi connectivity index (χ0n) is 12.9. The van der Waals surface area contributed by atoms with Crippen LogP contribution in [0.1, 0.15) is 77.1 Å². The van der Waals surface area contributed by atoms with E-state index in [0.717, 1.165) is 25.7 Å². The van der Waals surface area contributed by atoms with Gasteiger partial charge in [0.1, 0.15) is 6.10 Å². The van der Waals surface area contributed by atoms with Crippen molar-refractivity contribution in [2.75, 3.05) is 6.61 Å². The summed E-state index contributed by atoms with van der Waals surface area (Å²) in [6.45, 7) is 8.86. The zero-order valence-corrected chi connectivity index (χ0v) is 12.9. The van der Waals surface area contributed by atoms with E-state index in [9.17, 15) is 5.11 Å². The van der Waals surface area contributed by atoms with Crippen molar-refractivity contribution in [2.45, 2.75) is 71.5 Å². The Morgan fingerprint density at radius 2 is 2.05 bits per heavy atom. The summed E-state index contributed by atoms with van der Waals surface area (Å²) in [6, 6.07) is 0. The van der Waals surface area contributed by atoms with E-state index in [0.29, 0.717) is 18.3 Å². The van der Waals surface area contributed by atoms with Crippen molar-refractivity contribution in [3.8, 4) is 0 Å². The van der Waals surface area contributed by atoms with Crippen LogP contribution in [0.5, 0.6) is 0 Å². The second-order valence-corrected chi connectivity index (χ2v) is 6.65. The molecule has 20 heavy (non-hydrogen) atoms. The van der Waals surface area contributed by atoms with E-state index in [2.05, 4.69) is 30.9 Å². The molecule has 1 saturated carbocycles. The summed E-state index contributed by atoms with van der Waals surface area (Å²) in [5.41, 5.74) is -0.0949. The standard InChI is InChI=1S/C15H26N2O3/c1-5-19-12(15(2,3)4)13-16-14(20-17-13)10-8-6-7-9-11(10)18/h10-12,18H,5-9H2,1-4H3. The maximum absolute atomic E-state index is 10.1. The van der Waals surface area contributed by atoms with Gasteiger partial charge in [-0.25, -0.2) is 0 Å². The molecule has 0 amide bonds. The third kappa shape index (κ3) is 3.38. The second-order valence-electron chi connectivity index (χ2n) is 6.65. The van der Waals surface area contributed by atoms with E-state index in [4.69, 9.17) is 9.26 Å². The van der Waals surface area contributed by atoms with Gasteiger partial charge in [0, 0.05) is 6.61 Å². The van der Waals surface area contributed by atoms with Crippen LogP contribution in [0, 0.1) is 5.41 Å². The van der Waals surface area contributed by atoms with Gasteiger partial charge in [-0.05, 0) is 25.2 Å². The molecule has 5 heteroatoms. The number of aromatic nitrogens is 2. The minimum Gasteiger partial charge on any atom is -0.392 e. The Balaban J connectivity index is 2.18. The second kappa shape index (κ2) is 6.22. The fourth-order valence-corrected chi connectivity index (χ4v) is 2.78. The van der Waals surface area contributed by atoms with Crippen LogP contribution in [0.3, 0.4) is 0 Å². The Hall–Kier alpha value is -0.940. The maximum Gasteiger partial charge on any atom is 0.232 e. The summed E-state index contributed by atoms with van der Waals surface area (Å²) in [5, 5.41) is 14.2. The lowest BCUT2D eigenvalue weighted by molar-refractivity contribution is -0.0203. The molecule has 0 aliphatic heterocycles. The molecular weight excluding hydrogens is 256 g/mol. The summed E-state index contributed by atoms with van der Waals surface area (Å²) in [4.78, 5) is 4.51. The van der Waals surface area contributed by atoms with E-state index < -0.39 is 0 Å². The normalized spacial score (nSPS) is 25.6. The Labute approximate surface area is 120 Å². The lowest BCUT2D eigenvalue weighted by Crippen LogP contribution is -2.24. The van der Waals surface area contributed by atoms with Crippen LogP contribution < -0.4 is 0 Å². The number of hydrogen-bond acceptors (Lipinski definition) is 5. The van der Waals surface area contributed by atoms with Gasteiger partial charge >= 0.3 is 0 Å². The number of ether oxygens (including phenoxy) is 1. The van der Waals surface area contributed by atoms with E-state index in [1.807, 2.05) is 6.92 Å². The number of hydrogen-bond donors (Lipinski definition) is 1. The largest absolute Gasteiger partial charge is 0.392 e. The average Bonchev–Trinajstić information content (AvgIpc) is 2.84. The highest BCUT2D eigenvalue weighted by Gasteiger charge is 2.34. The van der Waals surface area contributed by atoms with Gasteiger partial charge in [0.15, 0.2) is 0 Å². The molecule has 0 radical (unpaired) electrons. The van der Waals surface area contributed by atoms with Gasteiger partial charge in [-0.15, -0.1) is 0 Å². The van der Waals surface area contributed by atoms with E-state index in [-0.39, 0.29) is 23.5 Å². The minimum absolute atomic E-state index is 0.0211. The highest BCUT2D eigenvalue weighted by molar-refractivity contribution is 5.02. The van der Waals surface area contributed by atoms with Crippen LogP contribution >= 0.6 is 0 Å². The first-order valence-electron chi connectivity index (χ1n) is 7.56. The van der Waals surface area contributed by atoms with E-state index >= 15 is 0 Å². The summed E-state index contributed by atoms with van der Waals surface area (Å²) < 4.78 is 11.2. The van der Waals surface area contributed by atoms with Gasteiger partial charge in [-0.1, -0.05) is 38.8 Å². The fourth-order valence-electron chi connectivity index (χ4n) is 2.78. The van der Waals surface area contributed by atoms with E-state index in [1.54, 1.807) is 0 Å². The van der Waals surface area contributed by atoms with Gasteiger partial charge in [0.25, 0.3) is 0 Å². The third-order valence-electron chi connectivity index (χ3n) is 3.86. The fraction of sp³-hybridized carbons (Fsp3) is 0.867. The minimum atomic E-state index is -0.364. The summed E-state index contributed by atoms with van der Waals surface area (Å²) >= 11 is 0. The molecular formula is C15H26N2O3. The van der Waals surface area contributed by atoms with Crippen molar-refractivity contribution in [2.24, 2.45) is 5.41 Å². The van der Waals surface area contributed by atoms with Gasteiger partial charge < -0.3 is 14.4 Å². The number of aliphatic hydroxyl groups is 1.